The normalized spacial score (nSPS) is 16.4. The average molecular weight is 289 g/mol. The molecule has 0 radical (unpaired) electrons. The third-order valence-corrected chi connectivity index (χ3v) is 4.42. The summed E-state index contributed by atoms with van der Waals surface area (Å²) in [6, 6.07) is 7.74. The Kier molecular flexibility index (Phi) is 4.71. The Bertz CT molecular complexity index is 506. The van der Waals surface area contributed by atoms with Gasteiger partial charge in [-0.25, -0.2) is 0 Å². The second-order valence-corrected chi connectivity index (χ2v) is 6.10. The standard InChI is InChI=1S/C15H19N3OS/c1-2-8-18(9-3-1)10-12-20-15-7-6-13(16-17-15)14-5-4-11-19-14/h4-7,11H,1-3,8-10,12H2. The average Bonchev–Trinajstić information content (AvgIpc) is 3.03. The van der Waals surface area contributed by atoms with Gasteiger partial charge >= 0.3 is 0 Å². The first kappa shape index (κ1) is 13.6. The number of hydrogen-bond donors (Lipinski definition) is 0. The summed E-state index contributed by atoms with van der Waals surface area (Å²) in [5, 5.41) is 9.44. The van der Waals surface area contributed by atoms with Gasteiger partial charge in [-0.1, -0.05) is 6.42 Å². The predicted octanol–water partition coefficient (Wildman–Crippen LogP) is 3.31. The first-order chi connectivity index (χ1) is 9.92. The van der Waals surface area contributed by atoms with Crippen molar-refractivity contribution in [2.45, 2.75) is 24.3 Å². The maximum Gasteiger partial charge on any atom is 0.154 e. The molecule has 4 nitrogen and oxygen atoms in total. The highest BCUT2D eigenvalue weighted by atomic mass is 32.2. The summed E-state index contributed by atoms with van der Waals surface area (Å²) < 4.78 is 5.30. The Morgan fingerprint density at radius 1 is 1.10 bits per heavy atom. The maximum absolute atomic E-state index is 5.30. The summed E-state index contributed by atoms with van der Waals surface area (Å²) in [6.07, 6.45) is 5.74. The van der Waals surface area contributed by atoms with Crippen LogP contribution in [0, 0.1) is 0 Å². The first-order valence-electron chi connectivity index (χ1n) is 7.14. The van der Waals surface area contributed by atoms with E-state index in [-0.39, 0.29) is 0 Å². The molecule has 20 heavy (non-hydrogen) atoms. The van der Waals surface area contributed by atoms with Crippen LogP contribution in [0.15, 0.2) is 40.0 Å². The van der Waals surface area contributed by atoms with Crippen LogP contribution in [0.3, 0.4) is 0 Å². The number of likely N-dealkylation sites (tertiary alicyclic amines) is 1. The molecule has 106 valence electrons. The summed E-state index contributed by atoms with van der Waals surface area (Å²) in [7, 11) is 0. The van der Waals surface area contributed by atoms with Crippen LogP contribution < -0.4 is 0 Å². The lowest BCUT2D eigenvalue weighted by Gasteiger charge is -2.25. The van der Waals surface area contributed by atoms with E-state index < -0.39 is 0 Å². The van der Waals surface area contributed by atoms with Gasteiger partial charge in [-0.3, -0.25) is 0 Å². The van der Waals surface area contributed by atoms with E-state index in [2.05, 4.69) is 15.1 Å². The molecule has 0 atom stereocenters. The molecule has 2 aromatic heterocycles. The number of hydrogen-bond acceptors (Lipinski definition) is 5. The molecule has 2 aromatic rings. The Labute approximate surface area is 123 Å². The molecule has 1 aliphatic heterocycles. The van der Waals surface area contributed by atoms with Gasteiger partial charge in [0.25, 0.3) is 0 Å². The third kappa shape index (κ3) is 3.61. The highest BCUT2D eigenvalue weighted by molar-refractivity contribution is 7.99. The predicted molar refractivity (Wildman–Crippen MR) is 80.7 cm³/mol. The Morgan fingerprint density at radius 2 is 2.00 bits per heavy atom. The van der Waals surface area contributed by atoms with Gasteiger partial charge in [-0.05, 0) is 50.2 Å². The minimum atomic E-state index is 0.766. The molecule has 0 aromatic carbocycles. The van der Waals surface area contributed by atoms with E-state index in [0.717, 1.165) is 28.8 Å². The van der Waals surface area contributed by atoms with Crippen molar-refractivity contribution in [2.24, 2.45) is 0 Å². The van der Waals surface area contributed by atoms with E-state index in [1.54, 1.807) is 18.0 Å². The van der Waals surface area contributed by atoms with E-state index >= 15 is 0 Å². The Morgan fingerprint density at radius 3 is 2.70 bits per heavy atom. The van der Waals surface area contributed by atoms with Gasteiger partial charge < -0.3 is 9.32 Å². The molecule has 0 spiro atoms. The van der Waals surface area contributed by atoms with Crippen LogP contribution >= 0.6 is 11.8 Å². The zero-order valence-electron chi connectivity index (χ0n) is 11.5. The van der Waals surface area contributed by atoms with Crippen LogP contribution in [0.4, 0.5) is 0 Å². The molecular formula is C15H19N3OS. The van der Waals surface area contributed by atoms with E-state index in [0.29, 0.717) is 0 Å². The zero-order valence-corrected chi connectivity index (χ0v) is 12.3. The molecule has 1 aliphatic rings. The molecule has 3 rings (SSSR count). The van der Waals surface area contributed by atoms with Gasteiger partial charge in [0.1, 0.15) is 10.7 Å². The second kappa shape index (κ2) is 6.90. The molecule has 3 heterocycles. The van der Waals surface area contributed by atoms with Gasteiger partial charge in [-0.15, -0.1) is 22.0 Å². The van der Waals surface area contributed by atoms with Crippen LogP contribution in [0.5, 0.6) is 0 Å². The van der Waals surface area contributed by atoms with E-state index in [9.17, 15) is 0 Å². The van der Waals surface area contributed by atoms with Gasteiger partial charge in [0.05, 0.1) is 6.26 Å². The fourth-order valence-electron chi connectivity index (χ4n) is 2.42. The minimum absolute atomic E-state index is 0.766. The molecule has 0 unspecified atom stereocenters. The van der Waals surface area contributed by atoms with E-state index in [4.69, 9.17) is 4.42 Å². The van der Waals surface area contributed by atoms with Crippen molar-refractivity contribution in [3.8, 4) is 11.5 Å². The first-order valence-corrected chi connectivity index (χ1v) is 8.13. The monoisotopic (exact) mass is 289 g/mol. The molecule has 0 amide bonds. The van der Waals surface area contributed by atoms with Crippen molar-refractivity contribution < 1.29 is 4.42 Å². The van der Waals surface area contributed by atoms with Crippen LogP contribution in [0.25, 0.3) is 11.5 Å². The van der Waals surface area contributed by atoms with Crippen LogP contribution in [0.2, 0.25) is 0 Å². The van der Waals surface area contributed by atoms with Crippen molar-refractivity contribution in [2.75, 3.05) is 25.4 Å². The quantitative estimate of drug-likeness (QED) is 0.790. The lowest BCUT2D eigenvalue weighted by Crippen LogP contribution is -2.31. The van der Waals surface area contributed by atoms with E-state index in [1.165, 1.54) is 32.4 Å². The van der Waals surface area contributed by atoms with Gasteiger partial charge in [-0.2, -0.15) is 0 Å². The summed E-state index contributed by atoms with van der Waals surface area (Å²) in [5.74, 6) is 1.84. The lowest BCUT2D eigenvalue weighted by atomic mass is 10.1. The number of thioether (sulfide) groups is 1. The molecule has 0 bridgehead atoms. The maximum atomic E-state index is 5.30. The number of nitrogens with zero attached hydrogens (tertiary/aromatic N) is 3. The van der Waals surface area contributed by atoms with Gasteiger partial charge in [0.2, 0.25) is 0 Å². The topological polar surface area (TPSA) is 42.2 Å². The number of furan rings is 1. The fraction of sp³-hybridized carbons (Fsp3) is 0.467. The Hall–Kier alpha value is -1.33. The van der Waals surface area contributed by atoms with Crippen LogP contribution in [-0.4, -0.2) is 40.5 Å². The third-order valence-electron chi connectivity index (χ3n) is 3.52. The highest BCUT2D eigenvalue weighted by Gasteiger charge is 2.10. The highest BCUT2D eigenvalue weighted by Crippen LogP contribution is 2.20. The SMILES string of the molecule is c1coc(-c2ccc(SCCN3CCCCC3)nn2)c1. The van der Waals surface area contributed by atoms with Crippen molar-refractivity contribution in [3.05, 3.63) is 30.5 Å². The summed E-state index contributed by atoms with van der Waals surface area (Å²) >= 11 is 1.77. The van der Waals surface area contributed by atoms with Crippen molar-refractivity contribution in [3.63, 3.8) is 0 Å². The number of piperidine rings is 1. The molecule has 1 fully saturated rings. The molecule has 0 saturated carbocycles. The molecule has 1 saturated heterocycles. The lowest BCUT2D eigenvalue weighted by molar-refractivity contribution is 0.242. The van der Waals surface area contributed by atoms with E-state index in [1.807, 2.05) is 24.3 Å². The fourth-order valence-corrected chi connectivity index (χ4v) is 3.24. The molecule has 5 heteroatoms. The van der Waals surface area contributed by atoms with Crippen LogP contribution in [-0.2, 0) is 0 Å². The van der Waals surface area contributed by atoms with Gasteiger partial charge in [0, 0.05) is 12.3 Å². The van der Waals surface area contributed by atoms with Crippen molar-refractivity contribution >= 4 is 11.8 Å². The van der Waals surface area contributed by atoms with Crippen molar-refractivity contribution in [1.82, 2.24) is 15.1 Å². The number of aromatic nitrogens is 2. The zero-order chi connectivity index (χ0) is 13.6. The molecular weight excluding hydrogens is 270 g/mol. The minimum Gasteiger partial charge on any atom is -0.463 e. The van der Waals surface area contributed by atoms with Gasteiger partial charge in [0.15, 0.2) is 5.76 Å². The summed E-state index contributed by atoms with van der Waals surface area (Å²) in [5.41, 5.74) is 0.787. The number of rotatable bonds is 5. The van der Waals surface area contributed by atoms with Crippen molar-refractivity contribution in [1.29, 1.82) is 0 Å². The summed E-state index contributed by atoms with van der Waals surface area (Å²) in [6.45, 7) is 3.65. The second-order valence-electron chi connectivity index (χ2n) is 4.98. The smallest absolute Gasteiger partial charge is 0.154 e. The van der Waals surface area contributed by atoms with Crippen LogP contribution in [0.1, 0.15) is 19.3 Å². The summed E-state index contributed by atoms with van der Waals surface area (Å²) in [4.78, 5) is 2.54. The largest absolute Gasteiger partial charge is 0.463 e. The molecule has 0 N–H and O–H groups in total. The Balaban J connectivity index is 1.48. The molecule has 0 aliphatic carbocycles.